The average Bonchev–Trinajstić information content (AvgIpc) is 3.41. The smallest absolute Gasteiger partial charge is 0.225 e. The molecule has 0 radical (unpaired) electrons. The fourth-order valence-corrected chi connectivity index (χ4v) is 4.21. The zero-order chi connectivity index (χ0) is 18.1. The van der Waals surface area contributed by atoms with Gasteiger partial charge in [0.05, 0.1) is 21.0 Å². The first kappa shape index (κ1) is 16.6. The van der Waals surface area contributed by atoms with Gasteiger partial charge in [0, 0.05) is 5.56 Å². The van der Waals surface area contributed by atoms with Crippen LogP contribution in [0.25, 0.3) is 10.6 Å². The topological polar surface area (TPSA) is 73.1 Å². The Balaban J connectivity index is 1.71. The third-order valence-electron chi connectivity index (χ3n) is 3.80. The molecule has 0 atom stereocenters. The van der Waals surface area contributed by atoms with Crippen molar-refractivity contribution in [3.05, 3.63) is 80.8 Å². The van der Waals surface area contributed by atoms with Gasteiger partial charge in [0.25, 0.3) is 0 Å². The predicted octanol–water partition coefficient (Wildman–Crippen LogP) is 4.63. The highest BCUT2D eigenvalue weighted by Gasteiger charge is 2.27. The van der Waals surface area contributed by atoms with Gasteiger partial charge in [0.2, 0.25) is 11.6 Å². The number of nitrogens with zero attached hydrogens (tertiary/aromatic N) is 2. The fourth-order valence-electron chi connectivity index (χ4n) is 2.52. The molecule has 4 aromatic rings. The van der Waals surface area contributed by atoms with Crippen LogP contribution in [0, 0.1) is 6.92 Å². The van der Waals surface area contributed by atoms with E-state index in [0.29, 0.717) is 15.4 Å². The van der Waals surface area contributed by atoms with Gasteiger partial charge in [0.1, 0.15) is 11.3 Å². The second-order valence-corrected chi connectivity index (χ2v) is 7.46. The molecule has 128 valence electrons. The minimum Gasteiger partial charge on any atom is -0.363 e. The van der Waals surface area contributed by atoms with Crippen molar-refractivity contribution in [2.45, 2.75) is 6.92 Å². The van der Waals surface area contributed by atoms with Gasteiger partial charge in [0.15, 0.2) is 5.69 Å². The number of ketones is 2. The van der Waals surface area contributed by atoms with E-state index in [4.69, 9.17) is 4.52 Å². The van der Waals surface area contributed by atoms with Gasteiger partial charge >= 0.3 is 0 Å². The number of thiophene rings is 1. The molecule has 4 rings (SSSR count). The SMILES string of the molecule is Cc1nc(-c2ccccc2)sc1C(=O)c1conc1C(=O)c1cccs1. The van der Waals surface area contributed by atoms with E-state index in [1.807, 2.05) is 30.3 Å². The maximum absolute atomic E-state index is 13.0. The van der Waals surface area contributed by atoms with Crippen LogP contribution in [0.5, 0.6) is 0 Å². The Morgan fingerprint density at radius 2 is 1.85 bits per heavy atom. The summed E-state index contributed by atoms with van der Waals surface area (Å²) < 4.78 is 4.94. The fraction of sp³-hybridized carbons (Fsp3) is 0.0526. The summed E-state index contributed by atoms with van der Waals surface area (Å²) in [5.74, 6) is -0.620. The highest BCUT2D eigenvalue weighted by atomic mass is 32.1. The lowest BCUT2D eigenvalue weighted by Crippen LogP contribution is -2.09. The lowest BCUT2D eigenvalue weighted by Gasteiger charge is -1.98. The Bertz CT molecular complexity index is 1080. The van der Waals surface area contributed by atoms with Crippen molar-refractivity contribution in [2.75, 3.05) is 0 Å². The first-order valence-electron chi connectivity index (χ1n) is 7.75. The number of benzene rings is 1. The Hall–Kier alpha value is -2.90. The number of thiazole rings is 1. The average molecular weight is 380 g/mol. The normalized spacial score (nSPS) is 10.8. The molecule has 26 heavy (non-hydrogen) atoms. The number of hydrogen-bond acceptors (Lipinski definition) is 7. The van der Waals surface area contributed by atoms with Crippen molar-refractivity contribution in [3.63, 3.8) is 0 Å². The van der Waals surface area contributed by atoms with Crippen LogP contribution in [-0.2, 0) is 0 Å². The second kappa shape index (κ2) is 6.78. The predicted molar refractivity (Wildman–Crippen MR) is 100.0 cm³/mol. The maximum Gasteiger partial charge on any atom is 0.225 e. The lowest BCUT2D eigenvalue weighted by molar-refractivity contribution is 0.100. The molecule has 3 aromatic heterocycles. The Kier molecular flexibility index (Phi) is 4.32. The minimum absolute atomic E-state index is 0.0338. The summed E-state index contributed by atoms with van der Waals surface area (Å²) in [5, 5.41) is 6.32. The molecule has 0 aliphatic heterocycles. The van der Waals surface area contributed by atoms with Crippen LogP contribution in [0.2, 0.25) is 0 Å². The van der Waals surface area contributed by atoms with Crippen molar-refractivity contribution in [3.8, 4) is 10.6 Å². The number of aryl methyl sites for hydroxylation is 1. The molecule has 0 fully saturated rings. The minimum atomic E-state index is -0.317. The zero-order valence-electron chi connectivity index (χ0n) is 13.6. The first-order valence-corrected chi connectivity index (χ1v) is 9.45. The highest BCUT2D eigenvalue weighted by Crippen LogP contribution is 2.30. The Morgan fingerprint density at radius 3 is 2.58 bits per heavy atom. The zero-order valence-corrected chi connectivity index (χ0v) is 15.3. The van der Waals surface area contributed by atoms with Crippen LogP contribution in [-0.4, -0.2) is 21.7 Å². The largest absolute Gasteiger partial charge is 0.363 e. The molecular formula is C19H12N2O3S2. The van der Waals surface area contributed by atoms with Crippen LogP contribution in [0.4, 0.5) is 0 Å². The van der Waals surface area contributed by atoms with Crippen LogP contribution < -0.4 is 0 Å². The van der Waals surface area contributed by atoms with Gasteiger partial charge in [-0.25, -0.2) is 4.98 Å². The second-order valence-electron chi connectivity index (χ2n) is 5.51. The van der Waals surface area contributed by atoms with Gasteiger partial charge < -0.3 is 4.52 Å². The Morgan fingerprint density at radius 1 is 1.04 bits per heavy atom. The summed E-state index contributed by atoms with van der Waals surface area (Å²) in [4.78, 5) is 31.0. The van der Waals surface area contributed by atoms with Crippen molar-refractivity contribution in [1.29, 1.82) is 0 Å². The van der Waals surface area contributed by atoms with Gasteiger partial charge in [-0.1, -0.05) is 41.6 Å². The number of aromatic nitrogens is 2. The number of carbonyl (C=O) groups excluding carboxylic acids is 2. The van der Waals surface area contributed by atoms with Crippen molar-refractivity contribution >= 4 is 34.2 Å². The molecule has 3 heterocycles. The molecule has 0 unspecified atom stereocenters. The summed E-state index contributed by atoms with van der Waals surface area (Å²) in [6.07, 6.45) is 1.23. The highest BCUT2D eigenvalue weighted by molar-refractivity contribution is 7.17. The summed E-state index contributed by atoms with van der Waals surface area (Å²) in [5.41, 5.74) is 1.76. The van der Waals surface area contributed by atoms with E-state index in [1.54, 1.807) is 24.4 Å². The molecule has 0 saturated heterocycles. The molecule has 0 N–H and O–H groups in total. The van der Waals surface area contributed by atoms with Gasteiger partial charge in [-0.15, -0.1) is 22.7 Å². The Labute approximate surface area is 156 Å². The van der Waals surface area contributed by atoms with Gasteiger partial charge in [-0.3, -0.25) is 9.59 Å². The standard InChI is InChI=1S/C19H12N2O3S2/c1-11-18(26-19(20-11)12-6-3-2-4-7-12)16(22)13-10-24-21-15(13)17(23)14-8-5-9-25-14/h2-10H,1H3. The molecule has 0 aliphatic carbocycles. The summed E-state index contributed by atoms with van der Waals surface area (Å²) >= 11 is 2.60. The van der Waals surface area contributed by atoms with Gasteiger partial charge in [-0.2, -0.15) is 0 Å². The van der Waals surface area contributed by atoms with Crippen LogP contribution in [0.15, 0.2) is 58.6 Å². The molecule has 0 amide bonds. The molecule has 0 spiro atoms. The van der Waals surface area contributed by atoms with Gasteiger partial charge in [-0.05, 0) is 18.4 Å². The quantitative estimate of drug-likeness (QED) is 0.472. The number of carbonyl (C=O) groups is 2. The number of rotatable bonds is 5. The van der Waals surface area contributed by atoms with E-state index in [2.05, 4.69) is 10.1 Å². The van der Waals surface area contributed by atoms with Crippen molar-refractivity contribution in [2.24, 2.45) is 0 Å². The molecule has 0 aliphatic rings. The summed E-state index contributed by atoms with van der Waals surface area (Å²) in [6.45, 7) is 1.78. The van der Waals surface area contributed by atoms with Crippen LogP contribution in [0.3, 0.4) is 0 Å². The number of hydrogen-bond donors (Lipinski definition) is 0. The third-order valence-corrected chi connectivity index (χ3v) is 5.87. The molecule has 5 nitrogen and oxygen atoms in total. The molecule has 1 aromatic carbocycles. The van der Waals surface area contributed by atoms with E-state index in [1.165, 1.54) is 28.9 Å². The summed E-state index contributed by atoms with van der Waals surface area (Å²) in [7, 11) is 0. The lowest BCUT2D eigenvalue weighted by atomic mass is 10.1. The van der Waals surface area contributed by atoms with E-state index < -0.39 is 0 Å². The first-order chi connectivity index (χ1) is 12.6. The van der Waals surface area contributed by atoms with Crippen LogP contribution >= 0.6 is 22.7 Å². The molecular weight excluding hydrogens is 368 g/mol. The van der Waals surface area contributed by atoms with E-state index in [-0.39, 0.29) is 22.8 Å². The van der Waals surface area contributed by atoms with E-state index >= 15 is 0 Å². The van der Waals surface area contributed by atoms with E-state index in [9.17, 15) is 9.59 Å². The van der Waals surface area contributed by atoms with Crippen molar-refractivity contribution in [1.82, 2.24) is 10.1 Å². The molecule has 0 bridgehead atoms. The summed E-state index contributed by atoms with van der Waals surface area (Å²) in [6, 6.07) is 13.1. The van der Waals surface area contributed by atoms with E-state index in [0.717, 1.165) is 10.6 Å². The third kappa shape index (κ3) is 2.91. The molecule has 0 saturated carbocycles. The van der Waals surface area contributed by atoms with Crippen LogP contribution in [0.1, 0.15) is 36.3 Å². The maximum atomic E-state index is 13.0. The van der Waals surface area contributed by atoms with Crippen molar-refractivity contribution < 1.29 is 14.1 Å². The molecule has 7 heteroatoms. The monoisotopic (exact) mass is 380 g/mol.